The van der Waals surface area contributed by atoms with Crippen molar-refractivity contribution in [3.63, 3.8) is 0 Å². The molecule has 1 aliphatic carbocycles. The highest BCUT2D eigenvalue weighted by Crippen LogP contribution is 2.48. The number of rotatable bonds is 5. The molecule has 2 aromatic rings. The normalized spacial score (nSPS) is 24.3. The summed E-state index contributed by atoms with van der Waals surface area (Å²) < 4.78 is 11.6. The van der Waals surface area contributed by atoms with Crippen molar-refractivity contribution in [2.75, 3.05) is 13.2 Å². The summed E-state index contributed by atoms with van der Waals surface area (Å²) >= 11 is 0. The van der Waals surface area contributed by atoms with Crippen LogP contribution in [0.4, 0.5) is 0 Å². The van der Waals surface area contributed by atoms with Gasteiger partial charge in [0.15, 0.2) is 0 Å². The Labute approximate surface area is 147 Å². The lowest BCUT2D eigenvalue weighted by Crippen LogP contribution is -2.54. The van der Waals surface area contributed by atoms with Crippen LogP contribution in [0.5, 0.6) is 5.88 Å². The van der Waals surface area contributed by atoms with E-state index in [1.54, 1.807) is 6.20 Å². The zero-order valence-electron chi connectivity index (χ0n) is 14.1. The Morgan fingerprint density at radius 3 is 2.68 bits per heavy atom. The largest absolute Gasteiger partial charge is 0.472 e. The van der Waals surface area contributed by atoms with Crippen molar-refractivity contribution in [2.24, 2.45) is 0 Å². The van der Waals surface area contributed by atoms with Crippen LogP contribution in [0.25, 0.3) is 0 Å². The fourth-order valence-corrected chi connectivity index (χ4v) is 3.40. The molecule has 1 aromatic heterocycles. The highest BCUT2D eigenvalue weighted by molar-refractivity contribution is 5.91. The first-order chi connectivity index (χ1) is 12.3. The molecule has 4 rings (SSSR count). The zero-order valence-corrected chi connectivity index (χ0v) is 14.1. The molecule has 1 aromatic carbocycles. The molecule has 1 saturated heterocycles. The van der Waals surface area contributed by atoms with E-state index in [0.29, 0.717) is 19.1 Å². The van der Waals surface area contributed by atoms with Crippen LogP contribution in [-0.2, 0) is 14.9 Å². The molecule has 2 atom stereocenters. The Morgan fingerprint density at radius 2 is 1.96 bits per heavy atom. The average Bonchev–Trinajstić information content (AvgIpc) is 3.47. The lowest BCUT2D eigenvalue weighted by Gasteiger charge is -2.33. The van der Waals surface area contributed by atoms with Gasteiger partial charge >= 0.3 is 0 Å². The maximum Gasteiger partial charge on any atom is 0.231 e. The van der Waals surface area contributed by atoms with Gasteiger partial charge in [0.2, 0.25) is 11.8 Å². The number of pyridine rings is 1. The lowest BCUT2D eigenvalue weighted by atomic mass is 9.94. The minimum atomic E-state index is -0.381. The highest BCUT2D eigenvalue weighted by Gasteiger charge is 2.52. The molecule has 0 bridgehead atoms. The number of nitrogens with zero attached hydrogens (tertiary/aromatic N) is 1. The van der Waals surface area contributed by atoms with Crippen LogP contribution in [0.2, 0.25) is 0 Å². The van der Waals surface area contributed by atoms with Crippen LogP contribution in [-0.4, -0.2) is 36.3 Å². The molecule has 1 saturated carbocycles. The predicted octanol–water partition coefficient (Wildman–Crippen LogP) is 2.47. The Hall–Kier alpha value is -2.40. The average molecular weight is 338 g/mol. The van der Waals surface area contributed by atoms with Gasteiger partial charge in [0.1, 0.15) is 6.10 Å². The van der Waals surface area contributed by atoms with E-state index in [1.165, 1.54) is 0 Å². The van der Waals surface area contributed by atoms with Gasteiger partial charge in [-0.3, -0.25) is 4.79 Å². The topological polar surface area (TPSA) is 60.5 Å². The SMILES string of the molecule is O=C(N[C@@H]1COCC[C@H]1Oc1ccccn1)C1(c2ccccc2)CC1. The summed E-state index contributed by atoms with van der Waals surface area (Å²) in [6.45, 7) is 1.10. The van der Waals surface area contributed by atoms with Crippen molar-refractivity contribution >= 4 is 5.91 Å². The first-order valence-electron chi connectivity index (χ1n) is 8.80. The van der Waals surface area contributed by atoms with E-state index in [9.17, 15) is 4.79 Å². The fourth-order valence-electron chi connectivity index (χ4n) is 3.40. The van der Waals surface area contributed by atoms with E-state index < -0.39 is 0 Å². The van der Waals surface area contributed by atoms with Crippen molar-refractivity contribution in [3.8, 4) is 5.88 Å². The lowest BCUT2D eigenvalue weighted by molar-refractivity contribution is -0.126. The molecule has 0 radical (unpaired) electrons. The highest BCUT2D eigenvalue weighted by atomic mass is 16.5. The molecule has 25 heavy (non-hydrogen) atoms. The quantitative estimate of drug-likeness (QED) is 0.910. The maximum absolute atomic E-state index is 13.0. The second kappa shape index (κ2) is 6.84. The smallest absolute Gasteiger partial charge is 0.231 e. The van der Waals surface area contributed by atoms with Gasteiger partial charge in [-0.05, 0) is 24.5 Å². The van der Waals surface area contributed by atoms with E-state index >= 15 is 0 Å². The molecule has 130 valence electrons. The first-order valence-corrected chi connectivity index (χ1v) is 8.80. The van der Waals surface area contributed by atoms with E-state index in [1.807, 2.05) is 48.5 Å². The summed E-state index contributed by atoms with van der Waals surface area (Å²) in [5.41, 5.74) is 0.709. The van der Waals surface area contributed by atoms with Gasteiger partial charge in [0, 0.05) is 18.7 Å². The van der Waals surface area contributed by atoms with Gasteiger partial charge in [0.05, 0.1) is 24.7 Å². The third-order valence-electron chi connectivity index (χ3n) is 5.03. The van der Waals surface area contributed by atoms with Gasteiger partial charge in [-0.15, -0.1) is 0 Å². The third kappa shape index (κ3) is 3.37. The molecule has 5 nitrogen and oxygen atoms in total. The van der Waals surface area contributed by atoms with Crippen molar-refractivity contribution in [1.29, 1.82) is 0 Å². The molecular weight excluding hydrogens is 316 g/mol. The minimum Gasteiger partial charge on any atom is -0.472 e. The van der Waals surface area contributed by atoms with Gasteiger partial charge in [-0.25, -0.2) is 4.98 Å². The number of carbonyl (C=O) groups excluding carboxylic acids is 1. The van der Waals surface area contributed by atoms with Gasteiger partial charge in [-0.1, -0.05) is 36.4 Å². The molecule has 0 unspecified atom stereocenters. The fraction of sp³-hybridized carbons (Fsp3) is 0.400. The third-order valence-corrected chi connectivity index (χ3v) is 5.03. The zero-order chi connectivity index (χ0) is 17.1. The van der Waals surface area contributed by atoms with Crippen molar-refractivity contribution < 1.29 is 14.3 Å². The van der Waals surface area contributed by atoms with Gasteiger partial charge < -0.3 is 14.8 Å². The first kappa shape index (κ1) is 16.1. The summed E-state index contributed by atoms with van der Waals surface area (Å²) in [5.74, 6) is 0.654. The van der Waals surface area contributed by atoms with Crippen molar-refractivity contribution in [3.05, 3.63) is 60.3 Å². The molecule has 2 fully saturated rings. The molecular formula is C20H22N2O3. The summed E-state index contributed by atoms with van der Waals surface area (Å²) in [6, 6.07) is 15.4. The summed E-state index contributed by atoms with van der Waals surface area (Å²) in [4.78, 5) is 17.2. The Morgan fingerprint density at radius 1 is 1.16 bits per heavy atom. The van der Waals surface area contributed by atoms with E-state index in [0.717, 1.165) is 24.8 Å². The monoisotopic (exact) mass is 338 g/mol. The second-order valence-corrected chi connectivity index (χ2v) is 6.72. The summed E-state index contributed by atoms with van der Waals surface area (Å²) in [5, 5.41) is 3.17. The molecule has 2 heterocycles. The Bertz CT molecular complexity index is 716. The van der Waals surface area contributed by atoms with Crippen LogP contribution in [0.3, 0.4) is 0 Å². The minimum absolute atomic E-state index is 0.0730. The number of amides is 1. The van der Waals surface area contributed by atoms with E-state index in [-0.39, 0.29) is 23.5 Å². The van der Waals surface area contributed by atoms with Crippen molar-refractivity contribution in [2.45, 2.75) is 36.8 Å². The maximum atomic E-state index is 13.0. The molecule has 5 heteroatoms. The molecule has 0 spiro atoms. The molecule has 2 aliphatic rings. The molecule has 1 aliphatic heterocycles. The number of carbonyl (C=O) groups is 1. The van der Waals surface area contributed by atoms with E-state index in [4.69, 9.17) is 9.47 Å². The number of hydrogen-bond donors (Lipinski definition) is 1. The van der Waals surface area contributed by atoms with E-state index in [2.05, 4.69) is 10.3 Å². The number of nitrogens with one attached hydrogen (secondary N) is 1. The predicted molar refractivity (Wildman–Crippen MR) is 93.4 cm³/mol. The number of aromatic nitrogens is 1. The molecule has 1 N–H and O–H groups in total. The summed E-state index contributed by atoms with van der Waals surface area (Å²) in [7, 11) is 0. The molecule has 1 amide bonds. The Kier molecular flexibility index (Phi) is 4.40. The number of benzene rings is 1. The number of ether oxygens (including phenoxy) is 2. The van der Waals surface area contributed by atoms with Gasteiger partial charge in [0.25, 0.3) is 0 Å². The van der Waals surface area contributed by atoms with Crippen LogP contribution in [0, 0.1) is 0 Å². The van der Waals surface area contributed by atoms with Crippen LogP contribution >= 0.6 is 0 Å². The van der Waals surface area contributed by atoms with Crippen LogP contribution in [0.1, 0.15) is 24.8 Å². The summed E-state index contributed by atoms with van der Waals surface area (Å²) in [6.07, 6.45) is 4.10. The van der Waals surface area contributed by atoms with Crippen LogP contribution in [0.15, 0.2) is 54.7 Å². The standard InChI is InChI=1S/C20H22N2O3/c23-19(20(10-11-20)15-6-2-1-3-7-15)22-16-14-24-13-9-17(16)25-18-8-4-5-12-21-18/h1-8,12,16-17H,9-11,13-14H2,(H,22,23)/t16-,17-/m1/s1. The van der Waals surface area contributed by atoms with Crippen molar-refractivity contribution in [1.82, 2.24) is 10.3 Å². The Balaban J connectivity index is 1.46. The van der Waals surface area contributed by atoms with Crippen LogP contribution < -0.4 is 10.1 Å². The second-order valence-electron chi connectivity index (χ2n) is 6.72. The van der Waals surface area contributed by atoms with Gasteiger partial charge in [-0.2, -0.15) is 0 Å². The number of hydrogen-bond acceptors (Lipinski definition) is 4.